The minimum atomic E-state index is 0.299. The Labute approximate surface area is 97.0 Å². The zero-order chi connectivity index (χ0) is 11.5. The standard InChI is InChI=1S/C13H20N2O/c1-9-3-6-11(7-4-9)16-13-12(14)8-5-10(2)15-13/h5,8-9,11H,3-4,6-7,14H2,1-2H3. The summed E-state index contributed by atoms with van der Waals surface area (Å²) in [7, 11) is 0. The van der Waals surface area contributed by atoms with E-state index < -0.39 is 0 Å². The summed E-state index contributed by atoms with van der Waals surface area (Å²) in [6.07, 6.45) is 5.03. The number of nitrogen functional groups attached to an aromatic ring is 1. The lowest BCUT2D eigenvalue weighted by Crippen LogP contribution is -2.23. The number of hydrogen-bond acceptors (Lipinski definition) is 3. The number of nitrogens with zero attached hydrogens (tertiary/aromatic N) is 1. The fraction of sp³-hybridized carbons (Fsp3) is 0.615. The molecule has 3 nitrogen and oxygen atoms in total. The van der Waals surface area contributed by atoms with Gasteiger partial charge in [0, 0.05) is 5.69 Å². The molecule has 1 saturated carbocycles. The highest BCUT2D eigenvalue weighted by Gasteiger charge is 2.20. The minimum absolute atomic E-state index is 0.299. The third kappa shape index (κ3) is 2.65. The molecule has 0 spiro atoms. The SMILES string of the molecule is Cc1ccc(N)c(OC2CCC(C)CC2)n1. The van der Waals surface area contributed by atoms with Crippen LogP contribution in [0.3, 0.4) is 0 Å². The monoisotopic (exact) mass is 220 g/mol. The van der Waals surface area contributed by atoms with Gasteiger partial charge in [0.25, 0.3) is 0 Å². The number of hydrogen-bond donors (Lipinski definition) is 1. The molecule has 1 aliphatic carbocycles. The van der Waals surface area contributed by atoms with E-state index in [0.717, 1.165) is 24.5 Å². The van der Waals surface area contributed by atoms with Gasteiger partial charge in [0.1, 0.15) is 6.10 Å². The zero-order valence-corrected chi connectivity index (χ0v) is 10.1. The molecule has 1 heterocycles. The van der Waals surface area contributed by atoms with E-state index in [4.69, 9.17) is 10.5 Å². The van der Waals surface area contributed by atoms with Gasteiger partial charge in [-0.25, -0.2) is 4.98 Å². The van der Waals surface area contributed by atoms with Crippen molar-refractivity contribution >= 4 is 5.69 Å². The van der Waals surface area contributed by atoms with Crippen LogP contribution in [0, 0.1) is 12.8 Å². The highest BCUT2D eigenvalue weighted by atomic mass is 16.5. The van der Waals surface area contributed by atoms with Gasteiger partial charge in [-0.15, -0.1) is 0 Å². The average molecular weight is 220 g/mol. The molecular weight excluding hydrogens is 200 g/mol. The molecular formula is C13H20N2O. The number of nitrogens with two attached hydrogens (primary N) is 1. The molecule has 1 fully saturated rings. The molecule has 0 bridgehead atoms. The predicted octanol–water partition coefficient (Wildman–Crippen LogP) is 2.93. The van der Waals surface area contributed by atoms with E-state index in [1.165, 1.54) is 12.8 Å². The summed E-state index contributed by atoms with van der Waals surface area (Å²) in [5.41, 5.74) is 7.44. The maximum Gasteiger partial charge on any atom is 0.237 e. The van der Waals surface area contributed by atoms with Crippen molar-refractivity contribution in [2.24, 2.45) is 5.92 Å². The Morgan fingerprint density at radius 1 is 1.25 bits per heavy atom. The molecule has 88 valence electrons. The Kier molecular flexibility index (Phi) is 3.32. The van der Waals surface area contributed by atoms with Crippen LogP contribution >= 0.6 is 0 Å². The molecule has 16 heavy (non-hydrogen) atoms. The highest BCUT2D eigenvalue weighted by molar-refractivity contribution is 5.48. The van der Waals surface area contributed by atoms with Crippen LogP contribution in [0.1, 0.15) is 38.3 Å². The number of pyridine rings is 1. The van der Waals surface area contributed by atoms with Crippen LogP contribution in [-0.2, 0) is 0 Å². The first-order valence-corrected chi connectivity index (χ1v) is 6.05. The van der Waals surface area contributed by atoms with Crippen LogP contribution in [0.4, 0.5) is 5.69 Å². The average Bonchev–Trinajstić information content (AvgIpc) is 2.27. The fourth-order valence-electron chi connectivity index (χ4n) is 2.14. The van der Waals surface area contributed by atoms with Gasteiger partial charge in [0.15, 0.2) is 0 Å². The summed E-state index contributed by atoms with van der Waals surface area (Å²) in [5.74, 6) is 1.45. The molecule has 0 amide bonds. The first-order chi connectivity index (χ1) is 7.65. The second-order valence-corrected chi connectivity index (χ2v) is 4.85. The maximum atomic E-state index is 5.88. The molecule has 1 aliphatic rings. The van der Waals surface area contributed by atoms with Crippen molar-refractivity contribution in [2.45, 2.75) is 45.6 Å². The van der Waals surface area contributed by atoms with Crippen LogP contribution in [0.5, 0.6) is 5.88 Å². The second kappa shape index (κ2) is 4.73. The second-order valence-electron chi connectivity index (χ2n) is 4.85. The van der Waals surface area contributed by atoms with Gasteiger partial charge < -0.3 is 10.5 Å². The topological polar surface area (TPSA) is 48.1 Å². The lowest BCUT2D eigenvalue weighted by atomic mass is 9.89. The Hall–Kier alpha value is -1.25. The van der Waals surface area contributed by atoms with E-state index in [-0.39, 0.29) is 0 Å². The first kappa shape index (κ1) is 11.2. The molecule has 2 rings (SSSR count). The minimum Gasteiger partial charge on any atom is -0.473 e. The van der Waals surface area contributed by atoms with Gasteiger partial charge >= 0.3 is 0 Å². The van der Waals surface area contributed by atoms with E-state index in [1.807, 2.05) is 19.1 Å². The Morgan fingerprint density at radius 2 is 1.94 bits per heavy atom. The molecule has 0 saturated heterocycles. The van der Waals surface area contributed by atoms with Crippen molar-refractivity contribution in [3.8, 4) is 5.88 Å². The van der Waals surface area contributed by atoms with Crippen LogP contribution in [0.25, 0.3) is 0 Å². The Bertz CT molecular complexity index is 357. The fourth-order valence-corrected chi connectivity index (χ4v) is 2.14. The van der Waals surface area contributed by atoms with E-state index in [2.05, 4.69) is 11.9 Å². The molecule has 1 aromatic rings. The predicted molar refractivity (Wildman–Crippen MR) is 65.4 cm³/mol. The van der Waals surface area contributed by atoms with Gasteiger partial charge in [-0.3, -0.25) is 0 Å². The number of anilines is 1. The normalized spacial score (nSPS) is 25.4. The van der Waals surface area contributed by atoms with E-state index in [9.17, 15) is 0 Å². The van der Waals surface area contributed by atoms with Crippen LogP contribution in [-0.4, -0.2) is 11.1 Å². The van der Waals surface area contributed by atoms with Crippen molar-refractivity contribution in [3.05, 3.63) is 17.8 Å². The Balaban J connectivity index is 2.00. The number of rotatable bonds is 2. The summed E-state index contributed by atoms with van der Waals surface area (Å²) in [5, 5.41) is 0. The van der Waals surface area contributed by atoms with Crippen molar-refractivity contribution in [2.75, 3.05) is 5.73 Å². The summed E-state index contributed by atoms with van der Waals surface area (Å²) in [6, 6.07) is 3.77. The van der Waals surface area contributed by atoms with E-state index in [0.29, 0.717) is 17.7 Å². The molecule has 0 aromatic carbocycles. The van der Waals surface area contributed by atoms with Gasteiger partial charge in [-0.1, -0.05) is 6.92 Å². The largest absolute Gasteiger partial charge is 0.473 e. The first-order valence-electron chi connectivity index (χ1n) is 6.05. The summed E-state index contributed by atoms with van der Waals surface area (Å²) < 4.78 is 5.88. The van der Waals surface area contributed by atoms with E-state index in [1.54, 1.807) is 0 Å². The quantitative estimate of drug-likeness (QED) is 0.833. The van der Waals surface area contributed by atoms with Crippen LogP contribution < -0.4 is 10.5 Å². The zero-order valence-electron chi connectivity index (χ0n) is 10.1. The number of aromatic nitrogens is 1. The van der Waals surface area contributed by atoms with Crippen molar-refractivity contribution in [1.29, 1.82) is 0 Å². The molecule has 0 radical (unpaired) electrons. The van der Waals surface area contributed by atoms with Crippen molar-refractivity contribution in [3.63, 3.8) is 0 Å². The summed E-state index contributed by atoms with van der Waals surface area (Å²) in [6.45, 7) is 4.25. The molecule has 1 aromatic heterocycles. The molecule has 0 atom stereocenters. The molecule has 3 heteroatoms. The third-order valence-electron chi connectivity index (χ3n) is 3.27. The Morgan fingerprint density at radius 3 is 2.62 bits per heavy atom. The molecule has 0 unspecified atom stereocenters. The van der Waals surface area contributed by atoms with Crippen molar-refractivity contribution in [1.82, 2.24) is 4.98 Å². The van der Waals surface area contributed by atoms with Crippen LogP contribution in [0.2, 0.25) is 0 Å². The summed E-state index contributed by atoms with van der Waals surface area (Å²) in [4.78, 5) is 4.34. The lowest BCUT2D eigenvalue weighted by molar-refractivity contribution is 0.131. The number of aryl methyl sites for hydroxylation is 1. The molecule has 2 N–H and O–H groups in total. The molecule has 0 aliphatic heterocycles. The van der Waals surface area contributed by atoms with E-state index >= 15 is 0 Å². The van der Waals surface area contributed by atoms with Gasteiger partial charge in [-0.05, 0) is 50.7 Å². The van der Waals surface area contributed by atoms with Crippen LogP contribution in [0.15, 0.2) is 12.1 Å². The summed E-state index contributed by atoms with van der Waals surface area (Å²) >= 11 is 0. The smallest absolute Gasteiger partial charge is 0.237 e. The lowest BCUT2D eigenvalue weighted by Gasteiger charge is -2.26. The van der Waals surface area contributed by atoms with Gasteiger partial charge in [0.2, 0.25) is 5.88 Å². The van der Waals surface area contributed by atoms with Gasteiger partial charge in [0.05, 0.1) is 5.69 Å². The maximum absolute atomic E-state index is 5.88. The van der Waals surface area contributed by atoms with Crippen molar-refractivity contribution < 1.29 is 4.74 Å². The third-order valence-corrected chi connectivity index (χ3v) is 3.27. The highest BCUT2D eigenvalue weighted by Crippen LogP contribution is 2.28. The van der Waals surface area contributed by atoms with Gasteiger partial charge in [-0.2, -0.15) is 0 Å². The number of ether oxygens (including phenoxy) is 1.